The van der Waals surface area contributed by atoms with Gasteiger partial charge in [-0.15, -0.1) is 0 Å². The van der Waals surface area contributed by atoms with Gasteiger partial charge in [0.15, 0.2) is 0 Å². The third-order valence-corrected chi connectivity index (χ3v) is 6.01. The van der Waals surface area contributed by atoms with Crippen molar-refractivity contribution in [2.24, 2.45) is 5.92 Å². The summed E-state index contributed by atoms with van der Waals surface area (Å²) in [6.07, 6.45) is 5.51. The Morgan fingerprint density at radius 2 is 2.00 bits per heavy atom. The molecule has 2 atom stereocenters. The lowest BCUT2D eigenvalue weighted by atomic mass is 9.88. The molecule has 6 nitrogen and oxygen atoms in total. The number of benzene rings is 1. The lowest BCUT2D eigenvalue weighted by molar-refractivity contribution is -0.121. The van der Waals surface area contributed by atoms with Gasteiger partial charge in [-0.2, -0.15) is 0 Å². The van der Waals surface area contributed by atoms with Gasteiger partial charge in [0.05, 0.1) is 29.9 Å². The molecule has 7 heteroatoms. The summed E-state index contributed by atoms with van der Waals surface area (Å²) in [7, 11) is 0. The first-order chi connectivity index (χ1) is 14.7. The first-order valence-corrected chi connectivity index (χ1v) is 11.0. The lowest BCUT2D eigenvalue weighted by Crippen LogP contribution is -2.45. The highest BCUT2D eigenvalue weighted by Crippen LogP contribution is 2.30. The van der Waals surface area contributed by atoms with Crippen molar-refractivity contribution in [3.8, 4) is 0 Å². The van der Waals surface area contributed by atoms with E-state index in [4.69, 9.17) is 0 Å². The Kier molecular flexibility index (Phi) is 6.49. The summed E-state index contributed by atoms with van der Waals surface area (Å²) in [5.41, 5.74) is 2.43. The van der Waals surface area contributed by atoms with Crippen LogP contribution in [0.1, 0.15) is 40.5 Å². The molecule has 1 aliphatic heterocycles. The Hall–Kier alpha value is -3.06. The molecule has 0 aliphatic carbocycles. The van der Waals surface area contributed by atoms with Crippen LogP contribution in [0.25, 0.3) is 0 Å². The summed E-state index contributed by atoms with van der Waals surface area (Å²) in [5.74, 6) is 0.0649. The zero-order valence-electron chi connectivity index (χ0n) is 16.6. The Labute approximate surface area is 180 Å². The van der Waals surface area contributed by atoms with Crippen LogP contribution in [0.15, 0.2) is 66.3 Å². The van der Waals surface area contributed by atoms with Crippen LogP contribution in [0.5, 0.6) is 0 Å². The summed E-state index contributed by atoms with van der Waals surface area (Å²) in [6.45, 7) is 1.31. The van der Waals surface area contributed by atoms with Gasteiger partial charge in [-0.25, -0.2) is 4.37 Å². The van der Waals surface area contributed by atoms with Gasteiger partial charge in [-0.3, -0.25) is 14.6 Å². The fraction of sp³-hybridized carbons (Fsp3) is 0.304. The molecule has 0 bridgehead atoms. The third-order valence-electron chi connectivity index (χ3n) is 5.43. The van der Waals surface area contributed by atoms with Crippen LogP contribution < -0.4 is 5.32 Å². The number of nitrogens with zero attached hydrogens (tertiary/aromatic N) is 3. The highest BCUT2D eigenvalue weighted by atomic mass is 32.1. The average molecular weight is 421 g/mol. The van der Waals surface area contributed by atoms with Gasteiger partial charge in [0.25, 0.3) is 5.91 Å². The maximum Gasteiger partial charge on any atom is 0.256 e. The van der Waals surface area contributed by atoms with Gasteiger partial charge in [0.1, 0.15) is 0 Å². The highest BCUT2D eigenvalue weighted by molar-refractivity contribution is 7.03. The largest absolute Gasteiger partial charge is 0.347 e. The molecule has 30 heavy (non-hydrogen) atoms. The Morgan fingerprint density at radius 1 is 1.17 bits per heavy atom. The van der Waals surface area contributed by atoms with Crippen LogP contribution in [0, 0.1) is 5.92 Å². The van der Waals surface area contributed by atoms with Crippen molar-refractivity contribution in [2.45, 2.75) is 25.3 Å². The fourth-order valence-corrected chi connectivity index (χ4v) is 4.47. The van der Waals surface area contributed by atoms with Crippen LogP contribution in [0.4, 0.5) is 0 Å². The summed E-state index contributed by atoms with van der Waals surface area (Å²) < 4.78 is 4.05. The zero-order valence-corrected chi connectivity index (χ0v) is 17.4. The molecule has 154 valence electrons. The van der Waals surface area contributed by atoms with Crippen molar-refractivity contribution in [1.82, 2.24) is 19.6 Å². The van der Waals surface area contributed by atoms with E-state index in [1.807, 2.05) is 53.4 Å². The minimum atomic E-state index is -0.237. The van der Waals surface area contributed by atoms with Crippen molar-refractivity contribution < 1.29 is 9.59 Å². The molecule has 0 saturated carbocycles. The molecule has 1 saturated heterocycles. The molecule has 1 aromatic carbocycles. The first kappa shape index (κ1) is 20.2. The van der Waals surface area contributed by atoms with Crippen LogP contribution in [0.2, 0.25) is 0 Å². The van der Waals surface area contributed by atoms with Crippen molar-refractivity contribution in [2.75, 3.05) is 13.1 Å². The molecular weight excluding hydrogens is 396 g/mol. The van der Waals surface area contributed by atoms with Gasteiger partial charge in [0, 0.05) is 30.6 Å². The molecule has 2 amide bonds. The molecule has 1 aliphatic rings. The van der Waals surface area contributed by atoms with E-state index < -0.39 is 0 Å². The number of piperidine rings is 1. The van der Waals surface area contributed by atoms with Crippen molar-refractivity contribution in [3.05, 3.63) is 83.1 Å². The molecule has 1 N–H and O–H groups in total. The normalized spacial score (nSPS) is 17.3. The van der Waals surface area contributed by atoms with E-state index in [2.05, 4.69) is 14.7 Å². The summed E-state index contributed by atoms with van der Waals surface area (Å²) in [6, 6.07) is 15.2. The Morgan fingerprint density at radius 3 is 2.73 bits per heavy atom. The molecule has 3 heterocycles. The number of carbonyl (C=O) groups is 2. The quantitative estimate of drug-likeness (QED) is 0.662. The summed E-state index contributed by atoms with van der Waals surface area (Å²) in [5, 5.41) is 4.98. The molecule has 2 aromatic heterocycles. The highest BCUT2D eigenvalue weighted by Gasteiger charge is 2.32. The molecule has 1 fully saturated rings. The van der Waals surface area contributed by atoms with E-state index >= 15 is 0 Å². The number of pyridine rings is 1. The Balaban J connectivity index is 1.50. The smallest absolute Gasteiger partial charge is 0.256 e. The molecule has 4 rings (SSSR count). The van der Waals surface area contributed by atoms with Crippen LogP contribution in [-0.2, 0) is 11.2 Å². The van der Waals surface area contributed by atoms with E-state index in [1.54, 1.807) is 17.8 Å². The number of nitrogens with one attached hydrogen (secondary N) is 1. The number of amides is 2. The predicted octanol–water partition coefficient (Wildman–Crippen LogP) is 3.49. The first-order valence-electron chi connectivity index (χ1n) is 10.1. The van der Waals surface area contributed by atoms with E-state index in [9.17, 15) is 9.59 Å². The van der Waals surface area contributed by atoms with Gasteiger partial charge >= 0.3 is 0 Å². The second kappa shape index (κ2) is 9.63. The standard InChI is InChI=1S/C23H24N4O2S/c28-21(13-17-7-2-1-3-8-17)26-22(20-10-4-5-11-24-20)18-9-6-12-27(15-18)23(29)19-14-25-30-16-19/h1-5,7-8,10-11,14,16,18,22H,6,9,12-13,15H2,(H,26,28)/t18-,22+/m1/s1. The van der Waals surface area contributed by atoms with E-state index in [1.165, 1.54) is 11.5 Å². The van der Waals surface area contributed by atoms with Crippen molar-refractivity contribution >= 4 is 23.3 Å². The minimum absolute atomic E-state index is 0.00355. The molecule has 0 unspecified atom stereocenters. The van der Waals surface area contributed by atoms with E-state index in [0.29, 0.717) is 18.5 Å². The minimum Gasteiger partial charge on any atom is -0.347 e. The van der Waals surface area contributed by atoms with Crippen LogP contribution in [0.3, 0.4) is 0 Å². The summed E-state index contributed by atoms with van der Waals surface area (Å²) >= 11 is 1.28. The number of aromatic nitrogens is 2. The maximum atomic E-state index is 12.8. The molecule has 0 spiro atoms. The monoisotopic (exact) mass is 420 g/mol. The number of rotatable bonds is 6. The van der Waals surface area contributed by atoms with Crippen LogP contribution >= 0.6 is 11.5 Å². The third kappa shape index (κ3) is 4.91. The topological polar surface area (TPSA) is 75.2 Å². The van der Waals surface area contributed by atoms with Gasteiger partial charge < -0.3 is 10.2 Å². The number of carbonyl (C=O) groups excluding carboxylic acids is 2. The van der Waals surface area contributed by atoms with Gasteiger partial charge in [-0.05, 0) is 42.1 Å². The van der Waals surface area contributed by atoms with E-state index in [0.717, 1.165) is 30.6 Å². The SMILES string of the molecule is O=C(Cc1ccccc1)N[C@H](c1ccccn1)[C@@H]1CCCN(C(=O)c2cnsc2)C1. The molecular formula is C23H24N4O2S. The maximum absolute atomic E-state index is 12.8. The zero-order chi connectivity index (χ0) is 20.8. The second-order valence-electron chi connectivity index (χ2n) is 7.53. The van der Waals surface area contributed by atoms with Gasteiger partial charge in [-0.1, -0.05) is 36.4 Å². The number of hydrogen-bond donors (Lipinski definition) is 1. The fourth-order valence-electron chi connectivity index (χ4n) is 3.96. The van der Waals surface area contributed by atoms with Gasteiger partial charge in [0.2, 0.25) is 5.91 Å². The van der Waals surface area contributed by atoms with Crippen molar-refractivity contribution in [1.29, 1.82) is 0 Å². The summed E-state index contributed by atoms with van der Waals surface area (Å²) in [4.78, 5) is 32.0. The van der Waals surface area contributed by atoms with Crippen molar-refractivity contribution in [3.63, 3.8) is 0 Å². The van der Waals surface area contributed by atoms with Crippen LogP contribution in [-0.4, -0.2) is 39.2 Å². The average Bonchev–Trinajstić information content (AvgIpc) is 3.33. The molecule has 0 radical (unpaired) electrons. The predicted molar refractivity (Wildman–Crippen MR) is 116 cm³/mol. The second-order valence-corrected chi connectivity index (χ2v) is 8.19. The Bertz CT molecular complexity index is 963. The number of likely N-dealkylation sites (tertiary alicyclic amines) is 1. The lowest BCUT2D eigenvalue weighted by Gasteiger charge is -2.37. The number of hydrogen-bond acceptors (Lipinski definition) is 5. The van der Waals surface area contributed by atoms with E-state index in [-0.39, 0.29) is 23.8 Å². The molecule has 3 aromatic rings.